The molecule has 0 aromatic carbocycles. The second-order valence-corrected chi connectivity index (χ2v) is 5.52. The van der Waals surface area contributed by atoms with Crippen LogP contribution < -0.4 is 16.4 Å². The highest BCUT2D eigenvalue weighted by Crippen LogP contribution is 2.23. The second kappa shape index (κ2) is 6.36. The lowest BCUT2D eigenvalue weighted by Crippen LogP contribution is -2.46. The van der Waals surface area contributed by atoms with Crippen LogP contribution >= 0.6 is 0 Å². The van der Waals surface area contributed by atoms with Crippen LogP contribution in [0, 0.1) is 5.92 Å². The van der Waals surface area contributed by atoms with Gasteiger partial charge in [-0.2, -0.15) is 0 Å². The molecular weight excluding hydrogens is 214 g/mol. The summed E-state index contributed by atoms with van der Waals surface area (Å²) in [5.41, 5.74) is 5.91. The van der Waals surface area contributed by atoms with Gasteiger partial charge in [-0.25, -0.2) is 0 Å². The fraction of sp³-hybridized carbons (Fsp3) is 0.923. The molecule has 4 N–H and O–H groups in total. The summed E-state index contributed by atoms with van der Waals surface area (Å²) in [5, 5.41) is 6.53. The number of rotatable bonds is 3. The quantitative estimate of drug-likeness (QED) is 0.681. The molecule has 4 nitrogen and oxygen atoms in total. The van der Waals surface area contributed by atoms with Crippen molar-refractivity contribution in [2.75, 3.05) is 13.1 Å². The van der Waals surface area contributed by atoms with Crippen molar-refractivity contribution < 1.29 is 4.79 Å². The molecule has 98 valence electrons. The number of piperidine rings is 1. The van der Waals surface area contributed by atoms with Crippen molar-refractivity contribution in [1.29, 1.82) is 0 Å². The molecule has 4 heteroatoms. The summed E-state index contributed by atoms with van der Waals surface area (Å²) >= 11 is 0. The summed E-state index contributed by atoms with van der Waals surface area (Å²) in [6.45, 7) is 1.87. The predicted octanol–water partition coefficient (Wildman–Crippen LogP) is 0.762. The molecule has 2 rings (SSSR count). The number of carbonyl (C=O) groups excluding carboxylic acids is 1. The third-order valence-corrected chi connectivity index (χ3v) is 4.02. The van der Waals surface area contributed by atoms with E-state index >= 15 is 0 Å². The molecule has 1 aliphatic carbocycles. The Morgan fingerprint density at radius 1 is 1.24 bits per heavy atom. The zero-order chi connectivity index (χ0) is 12.1. The van der Waals surface area contributed by atoms with E-state index in [2.05, 4.69) is 10.6 Å². The average molecular weight is 239 g/mol. The van der Waals surface area contributed by atoms with Crippen LogP contribution in [0.25, 0.3) is 0 Å². The molecule has 17 heavy (non-hydrogen) atoms. The highest BCUT2D eigenvalue weighted by atomic mass is 16.1. The van der Waals surface area contributed by atoms with Gasteiger partial charge in [0.1, 0.15) is 0 Å². The Bertz CT molecular complexity index is 251. The molecule has 3 unspecified atom stereocenters. The van der Waals surface area contributed by atoms with Crippen LogP contribution in [0.4, 0.5) is 0 Å². The summed E-state index contributed by atoms with van der Waals surface area (Å²) in [6, 6.07) is 0.706. The summed E-state index contributed by atoms with van der Waals surface area (Å²) in [6.07, 6.45) is 7.78. The minimum atomic E-state index is 0.155. The van der Waals surface area contributed by atoms with E-state index in [9.17, 15) is 4.79 Å². The zero-order valence-electron chi connectivity index (χ0n) is 10.6. The standard InChI is InChI=1S/C13H25N3O/c14-11-5-3-4-10(8-11)13(17)16-9-12-6-1-2-7-15-12/h10-12,15H,1-9,14H2,(H,16,17). The Labute approximate surface area is 104 Å². The topological polar surface area (TPSA) is 67.2 Å². The molecule has 1 saturated carbocycles. The number of hydrogen-bond acceptors (Lipinski definition) is 3. The van der Waals surface area contributed by atoms with Crippen LogP contribution in [0.15, 0.2) is 0 Å². The van der Waals surface area contributed by atoms with Gasteiger partial charge in [-0.15, -0.1) is 0 Å². The van der Waals surface area contributed by atoms with Gasteiger partial charge in [0.15, 0.2) is 0 Å². The van der Waals surface area contributed by atoms with E-state index in [0.717, 1.165) is 38.8 Å². The van der Waals surface area contributed by atoms with Gasteiger partial charge >= 0.3 is 0 Å². The molecule has 2 aliphatic rings. The van der Waals surface area contributed by atoms with Crippen LogP contribution in [0.5, 0.6) is 0 Å². The molecule has 1 amide bonds. The molecular formula is C13H25N3O. The number of carbonyl (C=O) groups is 1. The number of nitrogens with one attached hydrogen (secondary N) is 2. The first-order valence-corrected chi connectivity index (χ1v) is 7.02. The van der Waals surface area contributed by atoms with Crippen LogP contribution in [0.3, 0.4) is 0 Å². The van der Waals surface area contributed by atoms with E-state index in [0.29, 0.717) is 6.04 Å². The normalized spacial score (nSPS) is 34.3. The highest BCUT2D eigenvalue weighted by Gasteiger charge is 2.25. The van der Waals surface area contributed by atoms with E-state index in [1.54, 1.807) is 0 Å². The molecule has 2 fully saturated rings. The van der Waals surface area contributed by atoms with Crippen LogP contribution in [-0.2, 0) is 4.79 Å². The lowest BCUT2D eigenvalue weighted by atomic mass is 9.85. The fourth-order valence-electron chi connectivity index (χ4n) is 2.93. The van der Waals surface area contributed by atoms with Gasteiger partial charge in [0.05, 0.1) is 0 Å². The SMILES string of the molecule is NC1CCCC(C(=O)NCC2CCCCN2)C1. The zero-order valence-corrected chi connectivity index (χ0v) is 10.6. The van der Waals surface area contributed by atoms with E-state index in [-0.39, 0.29) is 17.9 Å². The Kier molecular flexibility index (Phi) is 4.80. The third-order valence-electron chi connectivity index (χ3n) is 4.02. The van der Waals surface area contributed by atoms with Gasteiger partial charge in [0, 0.05) is 24.5 Å². The predicted molar refractivity (Wildman–Crippen MR) is 68.6 cm³/mol. The van der Waals surface area contributed by atoms with Crippen LogP contribution in [0.2, 0.25) is 0 Å². The van der Waals surface area contributed by atoms with Crippen LogP contribution in [-0.4, -0.2) is 31.1 Å². The number of amides is 1. The first-order chi connectivity index (χ1) is 8.25. The minimum absolute atomic E-state index is 0.155. The lowest BCUT2D eigenvalue weighted by molar-refractivity contribution is -0.126. The second-order valence-electron chi connectivity index (χ2n) is 5.52. The van der Waals surface area contributed by atoms with E-state index < -0.39 is 0 Å². The van der Waals surface area contributed by atoms with Gasteiger partial charge in [-0.1, -0.05) is 12.8 Å². The van der Waals surface area contributed by atoms with Crippen molar-refractivity contribution in [2.45, 2.75) is 57.0 Å². The molecule has 0 bridgehead atoms. The maximum Gasteiger partial charge on any atom is 0.223 e. The van der Waals surface area contributed by atoms with Crippen molar-refractivity contribution in [3.05, 3.63) is 0 Å². The minimum Gasteiger partial charge on any atom is -0.354 e. The Balaban J connectivity index is 1.69. The van der Waals surface area contributed by atoms with E-state index in [1.807, 2.05) is 0 Å². The molecule has 1 aliphatic heterocycles. The summed E-state index contributed by atoms with van der Waals surface area (Å²) < 4.78 is 0. The third kappa shape index (κ3) is 3.96. The first-order valence-electron chi connectivity index (χ1n) is 7.02. The van der Waals surface area contributed by atoms with E-state index in [4.69, 9.17) is 5.73 Å². The van der Waals surface area contributed by atoms with Gasteiger partial charge in [0.2, 0.25) is 5.91 Å². The molecule has 3 atom stereocenters. The Morgan fingerprint density at radius 2 is 2.12 bits per heavy atom. The number of hydrogen-bond donors (Lipinski definition) is 3. The number of nitrogens with two attached hydrogens (primary N) is 1. The van der Waals surface area contributed by atoms with Gasteiger partial charge in [-0.05, 0) is 38.6 Å². The molecule has 0 aromatic heterocycles. The van der Waals surface area contributed by atoms with Gasteiger partial charge in [0.25, 0.3) is 0 Å². The lowest BCUT2D eigenvalue weighted by Gasteiger charge is -2.28. The fourth-order valence-corrected chi connectivity index (χ4v) is 2.93. The monoisotopic (exact) mass is 239 g/mol. The van der Waals surface area contributed by atoms with Gasteiger partial charge < -0.3 is 16.4 Å². The van der Waals surface area contributed by atoms with Crippen molar-refractivity contribution in [3.63, 3.8) is 0 Å². The molecule has 1 heterocycles. The maximum absolute atomic E-state index is 12.0. The van der Waals surface area contributed by atoms with Gasteiger partial charge in [-0.3, -0.25) is 4.79 Å². The highest BCUT2D eigenvalue weighted by molar-refractivity contribution is 5.78. The van der Waals surface area contributed by atoms with Crippen LogP contribution in [0.1, 0.15) is 44.9 Å². The Hall–Kier alpha value is -0.610. The summed E-state index contributed by atoms with van der Waals surface area (Å²) in [4.78, 5) is 12.0. The van der Waals surface area contributed by atoms with Crippen molar-refractivity contribution in [1.82, 2.24) is 10.6 Å². The largest absolute Gasteiger partial charge is 0.354 e. The molecule has 0 aromatic rings. The van der Waals surface area contributed by atoms with Crippen molar-refractivity contribution in [2.24, 2.45) is 11.7 Å². The Morgan fingerprint density at radius 3 is 2.82 bits per heavy atom. The van der Waals surface area contributed by atoms with Crippen molar-refractivity contribution >= 4 is 5.91 Å². The van der Waals surface area contributed by atoms with E-state index in [1.165, 1.54) is 19.3 Å². The maximum atomic E-state index is 12.0. The average Bonchev–Trinajstić information content (AvgIpc) is 2.37. The first kappa shape index (κ1) is 12.8. The smallest absolute Gasteiger partial charge is 0.223 e. The molecule has 0 radical (unpaired) electrons. The van der Waals surface area contributed by atoms with Crippen molar-refractivity contribution in [3.8, 4) is 0 Å². The summed E-state index contributed by atoms with van der Waals surface area (Å²) in [5.74, 6) is 0.370. The molecule has 0 spiro atoms. The summed E-state index contributed by atoms with van der Waals surface area (Å²) in [7, 11) is 0. The molecule has 1 saturated heterocycles.